The van der Waals surface area contributed by atoms with E-state index in [1.807, 2.05) is 11.3 Å². The zero-order valence-corrected chi connectivity index (χ0v) is 11.2. The van der Waals surface area contributed by atoms with Crippen LogP contribution in [0.3, 0.4) is 0 Å². The van der Waals surface area contributed by atoms with Gasteiger partial charge in [0.1, 0.15) is 0 Å². The number of rotatable bonds is 3. The Balaban J connectivity index is 1.58. The molecule has 2 fully saturated rings. The molecule has 2 aliphatic rings. The lowest BCUT2D eigenvalue weighted by atomic mass is 9.79. The zero-order valence-electron chi connectivity index (χ0n) is 10.4. The average molecular weight is 251 g/mol. The summed E-state index contributed by atoms with van der Waals surface area (Å²) >= 11 is 1.85. The van der Waals surface area contributed by atoms with E-state index >= 15 is 0 Å². The summed E-state index contributed by atoms with van der Waals surface area (Å²) < 4.78 is 0. The molecule has 1 unspecified atom stereocenters. The van der Waals surface area contributed by atoms with Crippen LogP contribution in [0, 0.1) is 5.92 Å². The van der Waals surface area contributed by atoms with E-state index in [-0.39, 0.29) is 0 Å². The van der Waals surface area contributed by atoms with Gasteiger partial charge >= 0.3 is 0 Å². The summed E-state index contributed by atoms with van der Waals surface area (Å²) in [5.74, 6) is 1.48. The summed E-state index contributed by atoms with van der Waals surface area (Å²) in [5, 5.41) is 3.60. The molecule has 1 saturated carbocycles. The van der Waals surface area contributed by atoms with Gasteiger partial charge in [0.2, 0.25) is 0 Å². The Morgan fingerprint density at radius 3 is 3.00 bits per heavy atom. The number of hydrogen-bond donors (Lipinski definition) is 1. The van der Waals surface area contributed by atoms with E-state index in [0.29, 0.717) is 12.0 Å². The third-order valence-corrected chi connectivity index (χ3v) is 5.00. The summed E-state index contributed by atoms with van der Waals surface area (Å²) in [4.78, 5) is 7.22. The SMILES string of the molecule is CN1CCC(c2csc(CC3CC(N)C3)n2)C1. The number of likely N-dealkylation sites (N-methyl/N-ethyl adjacent to an activating group) is 1. The monoisotopic (exact) mass is 251 g/mol. The van der Waals surface area contributed by atoms with E-state index in [9.17, 15) is 0 Å². The summed E-state index contributed by atoms with van der Waals surface area (Å²) in [7, 11) is 2.20. The van der Waals surface area contributed by atoms with Gasteiger partial charge in [-0.25, -0.2) is 4.98 Å². The molecule has 2 N–H and O–H groups in total. The standard InChI is InChI=1S/C13H21N3S/c1-16-3-2-10(7-16)12-8-17-13(15-12)6-9-4-11(14)5-9/h8-11H,2-7,14H2,1H3. The van der Waals surface area contributed by atoms with Gasteiger partial charge in [-0.2, -0.15) is 0 Å². The maximum atomic E-state index is 5.82. The maximum Gasteiger partial charge on any atom is 0.0931 e. The molecule has 3 nitrogen and oxygen atoms in total. The molecule has 3 rings (SSSR count). The van der Waals surface area contributed by atoms with E-state index in [4.69, 9.17) is 10.7 Å². The van der Waals surface area contributed by atoms with Crippen molar-refractivity contribution in [2.45, 2.75) is 37.6 Å². The van der Waals surface area contributed by atoms with Gasteiger partial charge in [0, 0.05) is 30.3 Å². The minimum absolute atomic E-state index is 0.461. The Hall–Kier alpha value is -0.450. The molecule has 0 aromatic carbocycles. The van der Waals surface area contributed by atoms with Crippen molar-refractivity contribution in [3.63, 3.8) is 0 Å². The molecule has 1 saturated heterocycles. The van der Waals surface area contributed by atoms with E-state index in [1.165, 1.54) is 43.1 Å². The molecule has 1 aliphatic heterocycles. The molecule has 4 heteroatoms. The molecule has 1 atom stereocenters. The fraction of sp³-hybridized carbons (Fsp3) is 0.769. The molecule has 2 heterocycles. The van der Waals surface area contributed by atoms with Crippen LogP contribution in [0.15, 0.2) is 5.38 Å². The number of thiazole rings is 1. The molecule has 94 valence electrons. The Labute approximate surface area is 107 Å². The zero-order chi connectivity index (χ0) is 11.8. The third-order valence-electron chi connectivity index (χ3n) is 4.11. The third kappa shape index (κ3) is 2.54. The summed E-state index contributed by atoms with van der Waals surface area (Å²) in [6, 6.07) is 0.461. The molecule has 0 amide bonds. The Morgan fingerprint density at radius 1 is 1.53 bits per heavy atom. The van der Waals surface area contributed by atoms with Gasteiger partial charge in [-0.05, 0) is 38.8 Å². The van der Waals surface area contributed by atoms with Crippen molar-refractivity contribution in [3.05, 3.63) is 16.1 Å². The highest BCUT2D eigenvalue weighted by Gasteiger charge is 2.28. The largest absolute Gasteiger partial charge is 0.328 e. The van der Waals surface area contributed by atoms with Crippen LogP contribution in [0.5, 0.6) is 0 Å². The van der Waals surface area contributed by atoms with Crippen molar-refractivity contribution in [2.24, 2.45) is 11.7 Å². The van der Waals surface area contributed by atoms with Gasteiger partial charge in [-0.3, -0.25) is 0 Å². The predicted molar refractivity (Wildman–Crippen MR) is 71.4 cm³/mol. The van der Waals surface area contributed by atoms with Crippen LogP contribution in [0.4, 0.5) is 0 Å². The second-order valence-electron chi connectivity index (χ2n) is 5.72. The fourth-order valence-corrected chi connectivity index (χ4v) is 3.98. The molecule has 1 aromatic rings. The number of aromatic nitrogens is 1. The molecular formula is C13H21N3S. The van der Waals surface area contributed by atoms with Crippen LogP contribution < -0.4 is 5.73 Å². The van der Waals surface area contributed by atoms with Crippen LogP contribution in [0.2, 0.25) is 0 Å². The number of nitrogens with two attached hydrogens (primary N) is 1. The van der Waals surface area contributed by atoms with Crippen molar-refractivity contribution in [1.82, 2.24) is 9.88 Å². The highest BCUT2D eigenvalue weighted by molar-refractivity contribution is 7.09. The van der Waals surface area contributed by atoms with E-state index in [1.54, 1.807) is 0 Å². The predicted octanol–water partition coefficient (Wildman–Crippen LogP) is 1.84. The van der Waals surface area contributed by atoms with E-state index in [0.717, 1.165) is 12.3 Å². The van der Waals surface area contributed by atoms with Crippen LogP contribution in [-0.4, -0.2) is 36.1 Å². The highest BCUT2D eigenvalue weighted by Crippen LogP contribution is 2.32. The number of nitrogens with zero attached hydrogens (tertiary/aromatic N) is 2. The maximum absolute atomic E-state index is 5.82. The molecule has 0 radical (unpaired) electrons. The van der Waals surface area contributed by atoms with Gasteiger partial charge < -0.3 is 10.6 Å². The van der Waals surface area contributed by atoms with Gasteiger partial charge in [0.25, 0.3) is 0 Å². The van der Waals surface area contributed by atoms with Gasteiger partial charge in [0.05, 0.1) is 10.7 Å². The quantitative estimate of drug-likeness (QED) is 0.891. The molecular weight excluding hydrogens is 230 g/mol. The number of likely N-dealkylation sites (tertiary alicyclic amines) is 1. The first-order valence-electron chi connectivity index (χ1n) is 6.59. The summed E-state index contributed by atoms with van der Waals surface area (Å²) in [5.41, 5.74) is 7.15. The first kappa shape index (κ1) is 11.6. The first-order valence-corrected chi connectivity index (χ1v) is 7.47. The van der Waals surface area contributed by atoms with Gasteiger partial charge in [-0.1, -0.05) is 0 Å². The number of hydrogen-bond acceptors (Lipinski definition) is 4. The minimum Gasteiger partial charge on any atom is -0.328 e. The van der Waals surface area contributed by atoms with Crippen LogP contribution in [0.1, 0.15) is 35.9 Å². The van der Waals surface area contributed by atoms with Crippen LogP contribution in [0.25, 0.3) is 0 Å². The second kappa shape index (κ2) is 4.67. The van der Waals surface area contributed by atoms with Crippen molar-refractivity contribution in [2.75, 3.05) is 20.1 Å². The van der Waals surface area contributed by atoms with Crippen molar-refractivity contribution in [3.8, 4) is 0 Å². The van der Waals surface area contributed by atoms with E-state index in [2.05, 4.69) is 17.3 Å². The lowest BCUT2D eigenvalue weighted by Gasteiger charge is -2.31. The van der Waals surface area contributed by atoms with Crippen molar-refractivity contribution < 1.29 is 0 Å². The smallest absolute Gasteiger partial charge is 0.0931 e. The molecule has 1 aliphatic carbocycles. The highest BCUT2D eigenvalue weighted by atomic mass is 32.1. The summed E-state index contributed by atoms with van der Waals surface area (Å²) in [6.45, 7) is 2.40. The van der Waals surface area contributed by atoms with Crippen LogP contribution in [-0.2, 0) is 6.42 Å². The van der Waals surface area contributed by atoms with Gasteiger partial charge in [-0.15, -0.1) is 11.3 Å². The Morgan fingerprint density at radius 2 is 2.35 bits per heavy atom. The molecule has 17 heavy (non-hydrogen) atoms. The second-order valence-corrected chi connectivity index (χ2v) is 6.66. The minimum atomic E-state index is 0.461. The lowest BCUT2D eigenvalue weighted by Crippen LogP contribution is -2.37. The average Bonchev–Trinajstić information content (AvgIpc) is 2.84. The van der Waals surface area contributed by atoms with E-state index < -0.39 is 0 Å². The first-order chi connectivity index (χ1) is 8.20. The Kier molecular flexibility index (Phi) is 3.19. The summed E-state index contributed by atoms with van der Waals surface area (Å²) in [6.07, 6.45) is 4.82. The fourth-order valence-electron chi connectivity index (χ4n) is 2.98. The lowest BCUT2D eigenvalue weighted by molar-refractivity contribution is 0.264. The molecule has 1 aromatic heterocycles. The normalized spacial score (nSPS) is 33.9. The van der Waals surface area contributed by atoms with Crippen molar-refractivity contribution in [1.29, 1.82) is 0 Å². The van der Waals surface area contributed by atoms with Crippen LogP contribution >= 0.6 is 11.3 Å². The molecule has 0 bridgehead atoms. The van der Waals surface area contributed by atoms with Crippen molar-refractivity contribution >= 4 is 11.3 Å². The Bertz CT molecular complexity index is 384. The molecule has 0 spiro atoms. The topological polar surface area (TPSA) is 42.1 Å². The van der Waals surface area contributed by atoms with Gasteiger partial charge in [0.15, 0.2) is 0 Å².